The molecule has 0 aliphatic carbocycles. The van der Waals surface area contributed by atoms with Crippen LogP contribution in [0.5, 0.6) is 0 Å². The number of hydrogen-bond acceptors (Lipinski definition) is 9. The van der Waals surface area contributed by atoms with Gasteiger partial charge in [0.25, 0.3) is 5.91 Å². The Morgan fingerprint density at radius 1 is 0.920 bits per heavy atom. The number of carbonyl (C=O) groups excluding carboxylic acids is 3. The fourth-order valence-corrected chi connectivity index (χ4v) is 6.76. The van der Waals surface area contributed by atoms with Crippen LogP contribution in [-0.4, -0.2) is 76.2 Å². The van der Waals surface area contributed by atoms with Gasteiger partial charge in [0.1, 0.15) is 13.2 Å². The molecule has 7 rings (SSSR count). The molecule has 2 fully saturated rings. The van der Waals surface area contributed by atoms with Crippen molar-refractivity contribution in [3.63, 3.8) is 0 Å². The van der Waals surface area contributed by atoms with Crippen LogP contribution >= 0.6 is 0 Å². The van der Waals surface area contributed by atoms with Crippen molar-refractivity contribution >= 4 is 35.2 Å². The van der Waals surface area contributed by atoms with E-state index in [4.69, 9.17) is 9.47 Å². The number of aryl methyl sites for hydroxylation is 1. The molecule has 3 atom stereocenters. The van der Waals surface area contributed by atoms with Crippen molar-refractivity contribution in [2.75, 3.05) is 47.6 Å². The molecule has 13 nitrogen and oxygen atoms in total. The minimum atomic E-state index is -1.91. The van der Waals surface area contributed by atoms with Crippen LogP contribution in [0.1, 0.15) is 41.6 Å². The summed E-state index contributed by atoms with van der Waals surface area (Å²) in [6.45, 7) is 3.83. The fraction of sp³-hybridized carbons (Fsp3) is 0.324. The Labute approximate surface area is 288 Å². The molecule has 1 unspecified atom stereocenters. The SMILES string of the molecule is C[C@H](/C=C/CCn1cc(C(CO)c2ccccc2)nn1)[C@@]1(O)C(=O)N(Cc2ccc(N3CCOC3=O)cc2)c2ccc(N3CCOC3=O)cc21. The summed E-state index contributed by atoms with van der Waals surface area (Å²) in [7, 11) is 0. The molecule has 258 valence electrons. The average Bonchev–Trinajstić information content (AvgIpc) is 3.93. The lowest BCUT2D eigenvalue weighted by Crippen LogP contribution is -2.44. The highest BCUT2D eigenvalue weighted by Crippen LogP contribution is 2.47. The molecule has 4 heterocycles. The first kappa shape index (κ1) is 33.0. The van der Waals surface area contributed by atoms with Gasteiger partial charge < -0.3 is 24.6 Å². The maximum Gasteiger partial charge on any atom is 0.414 e. The number of nitrogens with zero attached hydrogens (tertiary/aromatic N) is 6. The number of benzene rings is 3. The van der Waals surface area contributed by atoms with E-state index < -0.39 is 29.6 Å². The van der Waals surface area contributed by atoms with E-state index in [1.807, 2.05) is 72.9 Å². The monoisotopic (exact) mass is 678 g/mol. The van der Waals surface area contributed by atoms with Crippen molar-refractivity contribution in [1.29, 1.82) is 0 Å². The Kier molecular flexibility index (Phi) is 9.08. The number of carbonyl (C=O) groups is 3. The summed E-state index contributed by atoms with van der Waals surface area (Å²) in [6, 6.07) is 22.2. The van der Waals surface area contributed by atoms with Crippen LogP contribution in [-0.2, 0) is 33.0 Å². The number of hydrogen-bond donors (Lipinski definition) is 2. The molecule has 13 heteroatoms. The molecule has 4 aromatic rings. The number of aromatic nitrogens is 3. The summed E-state index contributed by atoms with van der Waals surface area (Å²) in [6.07, 6.45) is 5.24. The minimum Gasteiger partial charge on any atom is -0.447 e. The number of amides is 3. The standard InChI is InChI=1S/C37H38N6O7/c1-25(7-5-6-16-40-23-32(38-39-40)30(24-44)27-8-3-2-4-9-27)37(48)31-21-29(42-18-20-50-36(42)47)14-15-33(31)43(34(37)45)22-26-10-12-28(13-11-26)41-17-19-49-35(41)46/h2-5,7-15,21,23,25,30,44,48H,6,16-20,22,24H2,1H3/b7-5+/t25-,30?,37+/m1/s1. The van der Waals surface area contributed by atoms with Gasteiger partial charge in [0, 0.05) is 35.6 Å². The van der Waals surface area contributed by atoms with Crippen LogP contribution < -0.4 is 14.7 Å². The summed E-state index contributed by atoms with van der Waals surface area (Å²) in [4.78, 5) is 43.3. The van der Waals surface area contributed by atoms with Crippen molar-refractivity contribution in [3.8, 4) is 0 Å². The third kappa shape index (κ3) is 6.09. The lowest BCUT2D eigenvalue weighted by molar-refractivity contribution is -0.139. The third-order valence-electron chi connectivity index (χ3n) is 9.58. The van der Waals surface area contributed by atoms with Gasteiger partial charge in [-0.1, -0.05) is 66.8 Å². The van der Waals surface area contributed by atoms with E-state index in [0.717, 1.165) is 11.1 Å². The highest BCUT2D eigenvalue weighted by Gasteiger charge is 2.53. The molecular weight excluding hydrogens is 640 g/mol. The zero-order chi connectivity index (χ0) is 34.8. The van der Waals surface area contributed by atoms with Gasteiger partial charge in [-0.3, -0.25) is 19.3 Å². The largest absolute Gasteiger partial charge is 0.447 e. The zero-order valence-corrected chi connectivity index (χ0v) is 27.6. The quantitative estimate of drug-likeness (QED) is 0.209. The summed E-state index contributed by atoms with van der Waals surface area (Å²) in [5, 5.41) is 30.8. The molecule has 2 N–H and O–H groups in total. The van der Waals surface area contributed by atoms with Crippen LogP contribution in [0.4, 0.5) is 26.7 Å². The van der Waals surface area contributed by atoms with E-state index in [0.29, 0.717) is 61.0 Å². The lowest BCUT2D eigenvalue weighted by Gasteiger charge is -2.28. The number of aliphatic hydroxyl groups excluding tert-OH is 1. The average molecular weight is 679 g/mol. The molecular formula is C37H38N6O7. The number of fused-ring (bicyclic) bond motifs is 1. The number of rotatable bonds is 12. The second kappa shape index (κ2) is 13.8. The molecule has 3 aromatic carbocycles. The van der Waals surface area contributed by atoms with Gasteiger partial charge in [0.05, 0.1) is 43.5 Å². The number of cyclic esters (lactones) is 2. The Hall–Kier alpha value is -5.53. The zero-order valence-electron chi connectivity index (χ0n) is 27.6. The van der Waals surface area contributed by atoms with Crippen molar-refractivity contribution in [2.45, 2.75) is 38.0 Å². The topological polar surface area (TPSA) is 151 Å². The van der Waals surface area contributed by atoms with Gasteiger partial charge in [-0.25, -0.2) is 9.59 Å². The minimum absolute atomic E-state index is 0.0910. The van der Waals surface area contributed by atoms with Crippen molar-refractivity contribution in [2.24, 2.45) is 5.92 Å². The van der Waals surface area contributed by atoms with Crippen LogP contribution in [0.3, 0.4) is 0 Å². The Morgan fingerprint density at radius 3 is 2.26 bits per heavy atom. The van der Waals surface area contributed by atoms with E-state index in [1.165, 1.54) is 4.90 Å². The molecule has 50 heavy (non-hydrogen) atoms. The van der Waals surface area contributed by atoms with Gasteiger partial charge in [-0.2, -0.15) is 0 Å². The molecule has 3 aliphatic rings. The van der Waals surface area contributed by atoms with Crippen LogP contribution in [0.2, 0.25) is 0 Å². The highest BCUT2D eigenvalue weighted by molar-refractivity contribution is 6.08. The summed E-state index contributed by atoms with van der Waals surface area (Å²) < 4.78 is 11.9. The molecule has 0 radical (unpaired) electrons. The molecule has 3 aliphatic heterocycles. The van der Waals surface area contributed by atoms with Gasteiger partial charge in [0.2, 0.25) is 0 Å². The second-order valence-corrected chi connectivity index (χ2v) is 12.6. The van der Waals surface area contributed by atoms with E-state index >= 15 is 0 Å². The van der Waals surface area contributed by atoms with E-state index in [1.54, 1.807) is 39.6 Å². The number of anilines is 3. The summed E-state index contributed by atoms with van der Waals surface area (Å²) in [5.74, 6) is -1.39. The van der Waals surface area contributed by atoms with Gasteiger partial charge in [0.15, 0.2) is 5.60 Å². The van der Waals surface area contributed by atoms with Crippen molar-refractivity contribution < 1.29 is 34.1 Å². The van der Waals surface area contributed by atoms with Gasteiger partial charge >= 0.3 is 12.2 Å². The van der Waals surface area contributed by atoms with Crippen molar-refractivity contribution in [1.82, 2.24) is 15.0 Å². The predicted octanol–water partition coefficient (Wildman–Crippen LogP) is 4.33. The Morgan fingerprint density at radius 2 is 1.60 bits per heavy atom. The number of aliphatic hydroxyl groups is 2. The van der Waals surface area contributed by atoms with Gasteiger partial charge in [-0.15, -0.1) is 5.10 Å². The lowest BCUT2D eigenvalue weighted by atomic mass is 9.82. The first-order valence-electron chi connectivity index (χ1n) is 16.7. The fourth-order valence-electron chi connectivity index (χ4n) is 6.76. The number of allylic oxidation sites excluding steroid dienone is 1. The smallest absolute Gasteiger partial charge is 0.414 e. The highest BCUT2D eigenvalue weighted by atomic mass is 16.6. The summed E-state index contributed by atoms with van der Waals surface area (Å²) >= 11 is 0. The molecule has 0 spiro atoms. The third-order valence-corrected chi connectivity index (χ3v) is 9.58. The van der Waals surface area contributed by atoms with E-state index in [-0.39, 0.29) is 25.7 Å². The molecule has 2 saturated heterocycles. The maximum absolute atomic E-state index is 14.2. The van der Waals surface area contributed by atoms with E-state index in [9.17, 15) is 24.6 Å². The second-order valence-electron chi connectivity index (χ2n) is 12.6. The van der Waals surface area contributed by atoms with Crippen LogP contribution in [0.15, 0.2) is 91.1 Å². The molecule has 0 bridgehead atoms. The molecule has 1 aromatic heterocycles. The first-order valence-corrected chi connectivity index (χ1v) is 16.7. The molecule has 0 saturated carbocycles. The predicted molar refractivity (Wildman–Crippen MR) is 184 cm³/mol. The number of ether oxygens (including phenoxy) is 2. The van der Waals surface area contributed by atoms with Gasteiger partial charge in [-0.05, 0) is 47.9 Å². The molecule has 3 amide bonds. The Balaban J connectivity index is 1.09. The van der Waals surface area contributed by atoms with Crippen LogP contribution in [0.25, 0.3) is 0 Å². The van der Waals surface area contributed by atoms with Crippen molar-refractivity contribution in [3.05, 3.63) is 114 Å². The van der Waals surface area contributed by atoms with Crippen LogP contribution in [0, 0.1) is 5.92 Å². The first-order chi connectivity index (χ1) is 24.3. The van der Waals surface area contributed by atoms with E-state index in [2.05, 4.69) is 10.3 Å². The maximum atomic E-state index is 14.2. The summed E-state index contributed by atoms with van der Waals surface area (Å²) in [5.41, 5.74) is 2.72. The Bertz CT molecular complexity index is 1910. The normalized spacial score (nSPS) is 20.1.